The molecule has 0 fully saturated rings. The molecule has 0 aromatic heterocycles. The summed E-state index contributed by atoms with van der Waals surface area (Å²) in [5.41, 5.74) is -4.09. The van der Waals surface area contributed by atoms with Gasteiger partial charge in [-0.1, -0.05) is 62.3 Å². The second-order valence-corrected chi connectivity index (χ2v) is 14.3. The van der Waals surface area contributed by atoms with Crippen molar-refractivity contribution >= 4 is 34.7 Å². The summed E-state index contributed by atoms with van der Waals surface area (Å²) < 4.78 is 258. The summed E-state index contributed by atoms with van der Waals surface area (Å²) in [6, 6.07) is 0. The Kier molecular flexibility index (Phi) is 20.6. The first-order valence-electron chi connectivity index (χ1n) is 14.4. The zero-order chi connectivity index (χ0) is 47.6. The molecule has 0 aromatic rings. The zero-order valence-electron chi connectivity index (χ0n) is 30.4. The molecule has 0 amide bonds. The van der Waals surface area contributed by atoms with Crippen molar-refractivity contribution in [2.24, 2.45) is 16.2 Å². The van der Waals surface area contributed by atoms with E-state index >= 15 is 0 Å². The van der Waals surface area contributed by atoms with Gasteiger partial charge in [0, 0.05) is 17.3 Å². The van der Waals surface area contributed by atoms with Crippen molar-refractivity contribution in [2.45, 2.75) is 116 Å². The molecular weight excluding hydrogens is 1030 g/mol. The van der Waals surface area contributed by atoms with Crippen molar-refractivity contribution in [3.05, 3.63) is 19.3 Å². The average Bonchev–Trinajstić information content (AvgIpc) is 2.93. The molecule has 1 radical (unpaired) electrons. The van der Waals surface area contributed by atoms with Crippen LogP contribution in [0.5, 0.6) is 0 Å². The monoisotopic (exact) mass is 1060 g/mol. The van der Waals surface area contributed by atoms with Crippen LogP contribution in [0.2, 0.25) is 0 Å². The molecule has 0 N–H and O–H groups in total. The number of hydrogen-bond acceptors (Lipinski definition) is 6. The molecule has 0 saturated heterocycles. The van der Waals surface area contributed by atoms with Crippen LogP contribution in [-0.2, 0) is 28.8 Å². The molecule has 0 aliphatic rings. The largest absolute Gasteiger partial charge is 3.00 e. The van der Waals surface area contributed by atoms with Gasteiger partial charge in [-0.15, -0.1) is 0 Å². The summed E-state index contributed by atoms with van der Waals surface area (Å²) in [4.78, 5) is 65.9. The normalized spacial score (nSPS) is 14.0. The molecule has 0 aliphatic heterocycles. The van der Waals surface area contributed by atoms with E-state index in [1.165, 1.54) is 62.3 Å². The Hall–Kier alpha value is -2.32. The molecule has 0 rings (SSSR count). The average molecular weight is 1060 g/mol. The van der Waals surface area contributed by atoms with Gasteiger partial charge in [-0.05, 0) is 16.2 Å². The van der Waals surface area contributed by atoms with Crippen molar-refractivity contribution < 1.29 is 168 Å². The Morgan fingerprint density at radius 2 is 0.397 bits per heavy atom. The van der Waals surface area contributed by atoms with Crippen molar-refractivity contribution in [1.29, 1.82) is 0 Å². The van der Waals surface area contributed by atoms with Crippen LogP contribution in [0, 0.1) is 82.4 Å². The van der Waals surface area contributed by atoms with E-state index in [0.717, 1.165) is 0 Å². The predicted octanol–water partition coefficient (Wildman–Crippen LogP) is 9.62. The number of rotatable bonds is 12. The fraction of sp³-hybridized carbons (Fsp3) is 0.700. The van der Waals surface area contributed by atoms with Crippen LogP contribution in [0.4, 0.5) is 92.2 Å². The van der Waals surface area contributed by atoms with Crippen LogP contribution in [0.3, 0.4) is 0 Å². The third-order valence-electron chi connectivity index (χ3n) is 6.18. The number of hydrogen-bond donors (Lipinski definition) is 0. The summed E-state index contributed by atoms with van der Waals surface area (Å²) >= 11 is 0. The molecule has 0 saturated carbocycles. The van der Waals surface area contributed by atoms with E-state index in [4.69, 9.17) is 0 Å². The number of halogens is 21. The maximum absolute atomic E-state index is 12.8. The van der Waals surface area contributed by atoms with Crippen LogP contribution in [0.15, 0.2) is 0 Å². The SMILES string of the molecule is CC(C)(C)C(=O)[CH-]C(=O)C(F)(F)C(F)(F)C(F)(F)F.CC(C)(C)C(=O)[CH-]C(=O)C(F)(F)C(F)(F)C(F)(F)F.CC(C)(C)C(=O)[CH-]C(=O)C(F)(F)C(F)(F)C(F)(F)F.[Yb+3]. The van der Waals surface area contributed by atoms with Gasteiger partial charge in [0.1, 0.15) is 0 Å². The summed E-state index contributed by atoms with van der Waals surface area (Å²) in [7, 11) is 0. The molecule has 347 valence electrons. The minimum Gasteiger partial charge on any atom is -0.333 e. The quantitative estimate of drug-likeness (QED) is 0.110. The van der Waals surface area contributed by atoms with E-state index in [9.17, 15) is 121 Å². The maximum Gasteiger partial charge on any atom is 3.00 e. The first-order chi connectivity index (χ1) is 24.1. The molecule has 0 unspecified atom stereocenters. The molecule has 0 atom stereocenters. The fourth-order valence-corrected chi connectivity index (χ4v) is 2.28. The summed E-state index contributed by atoms with van der Waals surface area (Å²) in [6.07, 6.45) is -21.1. The molecule has 0 aromatic carbocycles. The van der Waals surface area contributed by atoms with Gasteiger partial charge in [-0.2, -0.15) is 92.2 Å². The molecule has 6 nitrogen and oxygen atoms in total. The number of carbonyl (C=O) groups excluding carboxylic acids is 6. The third kappa shape index (κ3) is 15.0. The van der Waals surface area contributed by atoms with Crippen molar-refractivity contribution in [2.75, 3.05) is 0 Å². The Bertz CT molecular complexity index is 1310. The summed E-state index contributed by atoms with van der Waals surface area (Å²) in [6.45, 7) is 10.6. The van der Waals surface area contributed by atoms with Crippen molar-refractivity contribution in [3.63, 3.8) is 0 Å². The topological polar surface area (TPSA) is 102 Å². The van der Waals surface area contributed by atoms with E-state index in [2.05, 4.69) is 0 Å². The minimum atomic E-state index is -6.61. The first kappa shape index (κ1) is 62.3. The van der Waals surface area contributed by atoms with Gasteiger partial charge < -0.3 is 28.8 Å². The van der Waals surface area contributed by atoms with Gasteiger partial charge in [0.05, 0.1) is 17.3 Å². The molecular formula is C30H30F21O6Yb. The van der Waals surface area contributed by atoms with Gasteiger partial charge in [0.2, 0.25) is 0 Å². The Labute approximate surface area is 353 Å². The Morgan fingerprint density at radius 3 is 0.483 bits per heavy atom. The molecule has 58 heavy (non-hydrogen) atoms. The number of Topliss-reactive ketones (excluding diaryl/α,β-unsaturated/α-hetero) is 6. The molecule has 0 aliphatic carbocycles. The van der Waals surface area contributed by atoms with Crippen LogP contribution in [0.25, 0.3) is 0 Å². The van der Waals surface area contributed by atoms with Crippen LogP contribution < -0.4 is 0 Å². The molecule has 28 heteroatoms. The van der Waals surface area contributed by atoms with E-state index < -0.39 is 124 Å². The summed E-state index contributed by atoms with van der Waals surface area (Å²) in [5, 5.41) is 0. The van der Waals surface area contributed by atoms with Crippen LogP contribution in [0.1, 0.15) is 62.3 Å². The van der Waals surface area contributed by atoms with Gasteiger partial charge >= 0.3 is 101 Å². The van der Waals surface area contributed by atoms with E-state index in [1.807, 2.05) is 0 Å². The molecule has 0 heterocycles. The van der Waals surface area contributed by atoms with E-state index in [0.29, 0.717) is 0 Å². The second kappa shape index (κ2) is 19.2. The number of alkyl halides is 21. The number of ketones is 6. The molecule has 0 spiro atoms. The van der Waals surface area contributed by atoms with Crippen molar-refractivity contribution in [3.8, 4) is 0 Å². The summed E-state index contributed by atoms with van der Waals surface area (Å²) in [5.74, 6) is -50.2. The molecule has 0 bridgehead atoms. The van der Waals surface area contributed by atoms with Gasteiger partial charge in [-0.3, -0.25) is 19.3 Å². The number of carbonyl (C=O) groups is 6. The second-order valence-electron chi connectivity index (χ2n) is 14.3. The smallest absolute Gasteiger partial charge is 0.333 e. The zero-order valence-corrected chi connectivity index (χ0v) is 32.1. The van der Waals surface area contributed by atoms with Crippen LogP contribution >= 0.6 is 0 Å². The van der Waals surface area contributed by atoms with Crippen LogP contribution in [-0.4, -0.2) is 88.8 Å². The third-order valence-corrected chi connectivity index (χ3v) is 6.18. The van der Waals surface area contributed by atoms with E-state index in [-0.39, 0.29) is 46.9 Å². The van der Waals surface area contributed by atoms with Gasteiger partial charge in [0.15, 0.2) is 0 Å². The van der Waals surface area contributed by atoms with Crippen molar-refractivity contribution in [1.82, 2.24) is 0 Å². The van der Waals surface area contributed by atoms with Gasteiger partial charge in [0.25, 0.3) is 0 Å². The fourth-order valence-electron chi connectivity index (χ4n) is 2.28. The first-order valence-corrected chi connectivity index (χ1v) is 14.4. The Balaban J connectivity index is -0.000000374. The maximum atomic E-state index is 12.8. The van der Waals surface area contributed by atoms with Gasteiger partial charge in [-0.25, -0.2) is 0 Å². The Morgan fingerprint density at radius 1 is 0.276 bits per heavy atom. The van der Waals surface area contributed by atoms with E-state index in [1.54, 1.807) is 0 Å². The standard InChI is InChI=1S/3C10H10F7O2.Yb/c3*1-7(2,3)5(18)4-6(19)8(11,12)9(13,14)10(15,16)17;/h3*4H,1-3H3;/q3*-1;+3. The predicted molar refractivity (Wildman–Crippen MR) is 149 cm³/mol. The minimum absolute atomic E-state index is 0.